The van der Waals surface area contributed by atoms with Crippen molar-refractivity contribution in [3.8, 4) is 0 Å². The fraction of sp³-hybridized carbons (Fsp3) is 1.00. The molecular weight excluding hydrogens is 256 g/mol. The molecule has 0 aliphatic heterocycles. The molecule has 0 aromatic rings. The number of alkyl halides is 4. The lowest BCUT2D eigenvalue weighted by Crippen LogP contribution is -1.70. The number of unbranched alkanes of at least 4 members (excludes halogenated alkanes) is 2. The molecule has 4 heteroatoms. The summed E-state index contributed by atoms with van der Waals surface area (Å²) in [6.45, 7) is -1.44. The first-order valence-corrected chi connectivity index (χ1v) is 4.65. The fourth-order valence-electron chi connectivity index (χ4n) is 0.344. The van der Waals surface area contributed by atoms with Crippen LogP contribution < -0.4 is 0 Å². The quantitative estimate of drug-likeness (QED) is 0.415. The summed E-state index contributed by atoms with van der Waals surface area (Å²) in [6, 6.07) is 0. The minimum atomic E-state index is -3.67. The highest BCUT2D eigenvalue weighted by Gasteiger charge is 1.86. The summed E-state index contributed by atoms with van der Waals surface area (Å²) in [7, 11) is 0. The summed E-state index contributed by atoms with van der Waals surface area (Å²) in [5.74, 6) is 0. The van der Waals surface area contributed by atoms with Crippen LogP contribution in [-0.4, -0.2) is 11.1 Å². The van der Waals surface area contributed by atoms with Crippen LogP contribution in [0.1, 0.15) is 26.2 Å². The number of hydrogen-bond donors (Lipinski definition) is 0. The molecule has 0 nitrogen and oxygen atoms in total. The highest BCUT2D eigenvalue weighted by atomic mass is 127. The average molecular weight is 268 g/mol. The van der Waals surface area contributed by atoms with Crippen LogP contribution in [0, 0.1) is 0 Å². The molecule has 64 valence electrons. The highest BCUT2D eigenvalue weighted by Crippen LogP contribution is 1.96. The molecule has 0 rings (SSSR count). The van der Waals surface area contributed by atoms with Crippen molar-refractivity contribution in [1.82, 2.24) is 0 Å². The number of hydrogen-bond acceptors (Lipinski definition) is 0. The van der Waals surface area contributed by atoms with E-state index in [1.807, 2.05) is 0 Å². The predicted molar refractivity (Wildman–Crippen MR) is 45.5 cm³/mol. The van der Waals surface area contributed by atoms with Crippen LogP contribution in [0.15, 0.2) is 0 Å². The first kappa shape index (κ1) is 13.1. The Morgan fingerprint density at radius 1 is 1.20 bits per heavy atom. The zero-order valence-corrected chi connectivity index (χ0v) is 8.08. The van der Waals surface area contributed by atoms with Gasteiger partial charge in [-0.25, -0.2) is 0 Å². The largest absolute Gasteiger partial charge is 0.379 e. The third-order valence-corrected chi connectivity index (χ3v) is 1.50. The molecule has 0 N–H and O–H groups in total. The maximum Gasteiger partial charge on any atom is 0.379 e. The van der Waals surface area contributed by atoms with Crippen LogP contribution in [0.5, 0.6) is 0 Å². The van der Waals surface area contributed by atoms with Crippen LogP contribution in [0.2, 0.25) is 0 Å². The Hall–Kier alpha value is 0.520. The molecule has 0 aliphatic carbocycles. The van der Waals surface area contributed by atoms with E-state index < -0.39 is 6.68 Å². The average Bonchev–Trinajstić information content (AvgIpc) is 1.82. The van der Waals surface area contributed by atoms with E-state index in [1.54, 1.807) is 0 Å². The van der Waals surface area contributed by atoms with Crippen molar-refractivity contribution >= 4 is 22.6 Å². The molecule has 0 amide bonds. The van der Waals surface area contributed by atoms with Crippen molar-refractivity contribution in [2.75, 3.05) is 4.43 Å². The first-order valence-electron chi connectivity index (χ1n) is 3.13. The molecule has 0 heterocycles. The molecule has 10 heavy (non-hydrogen) atoms. The van der Waals surface area contributed by atoms with Crippen LogP contribution in [0.4, 0.5) is 13.2 Å². The SMILES string of the molecule is CCCCCI.FC(F)F. The van der Waals surface area contributed by atoms with Crippen molar-refractivity contribution in [2.45, 2.75) is 32.9 Å². The second kappa shape index (κ2) is 12.2. The summed E-state index contributed by atoms with van der Waals surface area (Å²) >= 11 is 2.41. The summed E-state index contributed by atoms with van der Waals surface area (Å²) < 4.78 is 30.3. The Bertz CT molecular complexity index is 43.5. The van der Waals surface area contributed by atoms with Crippen LogP contribution in [-0.2, 0) is 0 Å². The lowest BCUT2D eigenvalue weighted by molar-refractivity contribution is 0.00819. The molecule has 0 atom stereocenters. The van der Waals surface area contributed by atoms with Gasteiger partial charge in [0.1, 0.15) is 0 Å². The third-order valence-electron chi connectivity index (χ3n) is 0.737. The van der Waals surface area contributed by atoms with Crippen LogP contribution in [0.25, 0.3) is 0 Å². The third kappa shape index (κ3) is 38.9. The Morgan fingerprint density at radius 2 is 1.60 bits per heavy atom. The van der Waals surface area contributed by atoms with E-state index >= 15 is 0 Å². The van der Waals surface area contributed by atoms with E-state index in [2.05, 4.69) is 29.5 Å². The molecule has 0 radical (unpaired) electrons. The highest BCUT2D eigenvalue weighted by molar-refractivity contribution is 14.1. The van der Waals surface area contributed by atoms with Gasteiger partial charge in [-0.05, 0) is 10.8 Å². The Balaban J connectivity index is 0. The molecule has 0 bridgehead atoms. The lowest BCUT2D eigenvalue weighted by Gasteiger charge is -1.85. The van der Waals surface area contributed by atoms with Gasteiger partial charge >= 0.3 is 6.68 Å². The van der Waals surface area contributed by atoms with Crippen LogP contribution in [0.3, 0.4) is 0 Å². The van der Waals surface area contributed by atoms with Crippen molar-refractivity contribution in [3.05, 3.63) is 0 Å². The van der Waals surface area contributed by atoms with Crippen molar-refractivity contribution in [3.63, 3.8) is 0 Å². The maximum atomic E-state index is 9.67. The van der Waals surface area contributed by atoms with E-state index in [4.69, 9.17) is 0 Å². The Morgan fingerprint density at radius 3 is 1.70 bits per heavy atom. The number of rotatable bonds is 3. The van der Waals surface area contributed by atoms with Gasteiger partial charge in [-0.1, -0.05) is 42.4 Å². The van der Waals surface area contributed by atoms with Gasteiger partial charge in [0.15, 0.2) is 0 Å². The molecule has 0 saturated carbocycles. The van der Waals surface area contributed by atoms with E-state index in [1.165, 1.54) is 23.7 Å². The summed E-state index contributed by atoms with van der Waals surface area (Å²) in [5.41, 5.74) is 0. The van der Waals surface area contributed by atoms with Crippen molar-refractivity contribution < 1.29 is 13.2 Å². The van der Waals surface area contributed by atoms with Gasteiger partial charge in [0.05, 0.1) is 0 Å². The monoisotopic (exact) mass is 268 g/mol. The van der Waals surface area contributed by atoms with Gasteiger partial charge in [0.25, 0.3) is 0 Å². The first-order chi connectivity index (χ1) is 4.65. The molecule has 0 spiro atoms. The van der Waals surface area contributed by atoms with Gasteiger partial charge in [-0.3, -0.25) is 0 Å². The lowest BCUT2D eigenvalue weighted by atomic mass is 10.3. The van der Waals surface area contributed by atoms with E-state index in [-0.39, 0.29) is 0 Å². The molecule has 0 aromatic carbocycles. The van der Waals surface area contributed by atoms with Gasteiger partial charge in [-0.2, -0.15) is 13.2 Å². The van der Waals surface area contributed by atoms with Crippen LogP contribution >= 0.6 is 22.6 Å². The van der Waals surface area contributed by atoms with Gasteiger partial charge < -0.3 is 0 Å². The van der Waals surface area contributed by atoms with Gasteiger partial charge in [0, 0.05) is 0 Å². The molecule has 0 fully saturated rings. The minimum absolute atomic E-state index is 1.32. The zero-order valence-electron chi connectivity index (χ0n) is 5.92. The Kier molecular flexibility index (Phi) is 16.1. The number of halogens is 4. The second-order valence-corrected chi connectivity index (χ2v) is 2.72. The van der Waals surface area contributed by atoms with E-state index in [0.29, 0.717) is 0 Å². The van der Waals surface area contributed by atoms with E-state index in [9.17, 15) is 13.2 Å². The smallest absolute Gasteiger partial charge is 0.174 e. The fourth-order valence-corrected chi connectivity index (χ4v) is 0.884. The van der Waals surface area contributed by atoms with Gasteiger partial charge in [0.2, 0.25) is 0 Å². The van der Waals surface area contributed by atoms with Gasteiger partial charge in [-0.15, -0.1) is 0 Å². The topological polar surface area (TPSA) is 0 Å². The molecule has 0 aliphatic rings. The standard InChI is InChI=1S/C5H11I.CHF3/c1-2-3-4-5-6;2-1(3)4/h2-5H2,1H3;1H. The minimum Gasteiger partial charge on any atom is -0.174 e. The Labute approximate surface area is 73.3 Å². The zero-order chi connectivity index (χ0) is 8.41. The molecule has 0 aromatic heterocycles. The molecular formula is C6H12F3I. The summed E-state index contributed by atoms with van der Waals surface area (Å²) in [6.07, 6.45) is 4.16. The normalized spacial score (nSPS) is 9.00. The van der Waals surface area contributed by atoms with E-state index in [0.717, 1.165) is 0 Å². The predicted octanol–water partition coefficient (Wildman–Crippen LogP) is 3.79. The van der Waals surface area contributed by atoms with Crippen molar-refractivity contribution in [1.29, 1.82) is 0 Å². The molecule has 0 unspecified atom stereocenters. The second-order valence-electron chi connectivity index (χ2n) is 1.64. The molecule has 0 saturated heterocycles. The summed E-state index contributed by atoms with van der Waals surface area (Å²) in [5, 5.41) is 0. The summed E-state index contributed by atoms with van der Waals surface area (Å²) in [4.78, 5) is 0. The van der Waals surface area contributed by atoms with Crippen molar-refractivity contribution in [2.24, 2.45) is 0 Å². The maximum absolute atomic E-state index is 9.67.